The first-order valence-corrected chi connectivity index (χ1v) is 8.38. The van der Waals surface area contributed by atoms with Gasteiger partial charge in [0.05, 0.1) is 0 Å². The largest absolute Gasteiger partial charge is 0.374 e. The van der Waals surface area contributed by atoms with Crippen LogP contribution in [0.3, 0.4) is 0 Å². The van der Waals surface area contributed by atoms with E-state index in [2.05, 4.69) is 19.9 Å². The van der Waals surface area contributed by atoms with Gasteiger partial charge < -0.3 is 5.11 Å². The zero-order valence-corrected chi connectivity index (χ0v) is 14.6. The van der Waals surface area contributed by atoms with E-state index in [4.69, 9.17) is 0 Å². The van der Waals surface area contributed by atoms with E-state index in [1.807, 2.05) is 0 Å². The van der Waals surface area contributed by atoms with E-state index in [0.29, 0.717) is 11.8 Å². The van der Waals surface area contributed by atoms with Crippen molar-refractivity contribution < 1.29 is 14.7 Å². The van der Waals surface area contributed by atoms with Crippen LogP contribution < -0.4 is 0 Å². The monoisotopic (exact) mass is 304 g/mol. The molecule has 0 saturated heterocycles. The average Bonchev–Trinajstić information content (AvgIpc) is 2.51. The van der Waals surface area contributed by atoms with Crippen LogP contribution in [0.25, 0.3) is 0 Å². The van der Waals surface area contributed by atoms with E-state index in [0.717, 1.165) is 18.4 Å². The smallest absolute Gasteiger partial charge is 0.186 e. The Morgan fingerprint density at radius 3 is 1.95 bits per heavy atom. The normalized spacial score (nSPS) is 36.8. The quantitative estimate of drug-likeness (QED) is 0.629. The molecule has 0 amide bonds. The summed E-state index contributed by atoms with van der Waals surface area (Å²) in [6.45, 7) is 11.6. The lowest BCUT2D eigenvalue weighted by Crippen LogP contribution is -2.51. The molecule has 1 N–H and O–H groups in total. The van der Waals surface area contributed by atoms with Crippen LogP contribution in [-0.2, 0) is 9.59 Å². The highest BCUT2D eigenvalue weighted by Gasteiger charge is 2.68. The van der Waals surface area contributed by atoms with Crippen LogP contribution in [0.4, 0.5) is 0 Å². The first kappa shape index (κ1) is 15.9. The van der Waals surface area contributed by atoms with Crippen LogP contribution in [0.1, 0.15) is 60.8 Å². The van der Waals surface area contributed by atoms with Gasteiger partial charge in [-0.1, -0.05) is 53.2 Å². The molecule has 0 aliphatic heterocycles. The number of hydrogen-bond acceptors (Lipinski definition) is 3. The van der Waals surface area contributed by atoms with Gasteiger partial charge in [-0.2, -0.15) is 0 Å². The molecule has 0 unspecified atom stereocenters. The number of hydrogen-bond donors (Lipinski definition) is 1. The predicted octanol–water partition coefficient (Wildman–Crippen LogP) is 3.30. The molecule has 122 valence electrons. The minimum Gasteiger partial charge on any atom is -0.374 e. The second kappa shape index (κ2) is 4.11. The third-order valence-corrected chi connectivity index (χ3v) is 7.49. The van der Waals surface area contributed by atoms with E-state index in [1.165, 1.54) is 0 Å². The summed E-state index contributed by atoms with van der Waals surface area (Å²) >= 11 is 0. The Balaban J connectivity index is 1.94. The van der Waals surface area contributed by atoms with Crippen LogP contribution in [0.15, 0.2) is 11.6 Å². The number of allylic oxidation sites excluding steroid dienone is 1. The Morgan fingerprint density at radius 1 is 1.05 bits per heavy atom. The summed E-state index contributed by atoms with van der Waals surface area (Å²) < 4.78 is 0. The molecule has 2 fully saturated rings. The summed E-state index contributed by atoms with van der Waals surface area (Å²) in [6.07, 6.45) is 4.49. The Kier molecular flexibility index (Phi) is 2.97. The molecule has 0 radical (unpaired) electrons. The first-order valence-electron chi connectivity index (χ1n) is 8.38. The minimum absolute atomic E-state index is 0.193. The molecule has 4 aliphatic carbocycles. The second-order valence-electron chi connectivity index (χ2n) is 9.27. The van der Waals surface area contributed by atoms with Crippen molar-refractivity contribution in [1.29, 1.82) is 0 Å². The fourth-order valence-corrected chi connectivity index (χ4v) is 4.84. The number of carbonyl (C=O) groups excluding carboxylic acids is 2. The van der Waals surface area contributed by atoms with Gasteiger partial charge in [0.2, 0.25) is 0 Å². The lowest BCUT2D eigenvalue weighted by Gasteiger charge is -2.57. The Hall–Kier alpha value is -0.960. The highest BCUT2D eigenvalue weighted by molar-refractivity contribution is 6.21. The van der Waals surface area contributed by atoms with Crippen LogP contribution in [0, 0.1) is 28.1 Å². The van der Waals surface area contributed by atoms with Gasteiger partial charge in [0, 0.05) is 17.3 Å². The summed E-state index contributed by atoms with van der Waals surface area (Å²) in [5.74, 6) is 0.492. The molecule has 22 heavy (non-hydrogen) atoms. The highest BCUT2D eigenvalue weighted by Crippen LogP contribution is 2.61. The molecule has 2 saturated carbocycles. The predicted molar refractivity (Wildman–Crippen MR) is 85.2 cm³/mol. The SMILES string of the molecule is CC1(C)[C@H]2CC=C(CC3(O)C(=O)C(C)(C)C(C)(C)C3=O)[C@@H]1C2. The van der Waals surface area contributed by atoms with E-state index >= 15 is 0 Å². The van der Waals surface area contributed by atoms with Gasteiger partial charge in [0.15, 0.2) is 17.2 Å². The Labute approximate surface area is 133 Å². The molecule has 0 aromatic rings. The molecule has 0 aromatic carbocycles. The number of rotatable bonds is 2. The maximum absolute atomic E-state index is 12.8. The van der Waals surface area contributed by atoms with Gasteiger partial charge in [-0.15, -0.1) is 0 Å². The van der Waals surface area contributed by atoms with Crippen molar-refractivity contribution in [1.82, 2.24) is 0 Å². The molecule has 0 spiro atoms. The van der Waals surface area contributed by atoms with Crippen LogP contribution in [0.5, 0.6) is 0 Å². The molecular weight excluding hydrogens is 276 g/mol. The van der Waals surface area contributed by atoms with Gasteiger partial charge in [0.25, 0.3) is 0 Å². The molecule has 2 atom stereocenters. The van der Waals surface area contributed by atoms with E-state index in [1.54, 1.807) is 27.7 Å². The number of ketones is 2. The van der Waals surface area contributed by atoms with Gasteiger partial charge in [-0.25, -0.2) is 0 Å². The topological polar surface area (TPSA) is 54.4 Å². The van der Waals surface area contributed by atoms with Crippen molar-refractivity contribution in [3.8, 4) is 0 Å². The molecule has 0 aromatic heterocycles. The second-order valence-corrected chi connectivity index (χ2v) is 9.27. The van der Waals surface area contributed by atoms with Gasteiger partial charge in [0.1, 0.15) is 0 Å². The molecule has 3 nitrogen and oxygen atoms in total. The fourth-order valence-electron chi connectivity index (χ4n) is 4.84. The van der Waals surface area contributed by atoms with Crippen molar-refractivity contribution >= 4 is 11.6 Å². The Morgan fingerprint density at radius 2 is 1.55 bits per heavy atom. The summed E-state index contributed by atoms with van der Waals surface area (Å²) in [4.78, 5) is 25.7. The highest BCUT2D eigenvalue weighted by atomic mass is 16.3. The van der Waals surface area contributed by atoms with Crippen molar-refractivity contribution in [2.45, 2.75) is 66.4 Å². The van der Waals surface area contributed by atoms with Gasteiger partial charge in [-0.05, 0) is 30.1 Å². The molecule has 0 heterocycles. The zero-order chi connectivity index (χ0) is 16.7. The molecular formula is C19H28O3. The van der Waals surface area contributed by atoms with Crippen LogP contribution >= 0.6 is 0 Å². The van der Waals surface area contributed by atoms with Crippen molar-refractivity contribution in [2.75, 3.05) is 0 Å². The van der Waals surface area contributed by atoms with Crippen LogP contribution in [0.2, 0.25) is 0 Å². The minimum atomic E-state index is -1.84. The number of fused-ring (bicyclic) bond motifs is 1. The Bertz CT molecular complexity index is 566. The third kappa shape index (κ3) is 1.61. The van der Waals surface area contributed by atoms with E-state index in [-0.39, 0.29) is 23.4 Å². The number of carbonyl (C=O) groups is 2. The summed E-state index contributed by atoms with van der Waals surface area (Å²) in [5.41, 5.74) is -2.14. The lowest BCUT2D eigenvalue weighted by molar-refractivity contribution is -0.148. The van der Waals surface area contributed by atoms with Crippen LogP contribution in [-0.4, -0.2) is 22.3 Å². The standard InChI is InChI=1S/C19H28O3/c1-16(2)12-8-7-11(13(16)9-12)10-19(22)14(20)17(3,4)18(5,6)15(19)21/h7,12-13,22H,8-10H2,1-6H3/t12-,13-/m0/s1. The average molecular weight is 304 g/mol. The van der Waals surface area contributed by atoms with Gasteiger partial charge in [-0.3, -0.25) is 9.59 Å². The molecule has 4 aliphatic rings. The van der Waals surface area contributed by atoms with Crippen molar-refractivity contribution in [3.05, 3.63) is 11.6 Å². The third-order valence-electron chi connectivity index (χ3n) is 7.49. The zero-order valence-electron chi connectivity index (χ0n) is 14.6. The first-order chi connectivity index (χ1) is 9.86. The van der Waals surface area contributed by atoms with Crippen molar-refractivity contribution in [3.63, 3.8) is 0 Å². The molecule has 2 bridgehead atoms. The number of aliphatic hydroxyl groups is 1. The summed E-state index contributed by atoms with van der Waals surface area (Å²) in [5, 5.41) is 11.0. The fraction of sp³-hybridized carbons (Fsp3) is 0.789. The maximum Gasteiger partial charge on any atom is 0.186 e. The summed E-state index contributed by atoms with van der Waals surface area (Å²) in [7, 11) is 0. The maximum atomic E-state index is 12.8. The van der Waals surface area contributed by atoms with Gasteiger partial charge >= 0.3 is 0 Å². The van der Waals surface area contributed by atoms with Crippen molar-refractivity contribution in [2.24, 2.45) is 28.1 Å². The lowest BCUT2D eigenvalue weighted by atomic mass is 9.48. The molecule has 3 heteroatoms. The summed E-state index contributed by atoms with van der Waals surface area (Å²) in [6, 6.07) is 0. The van der Waals surface area contributed by atoms with E-state index < -0.39 is 16.4 Å². The molecule has 4 rings (SSSR count). The number of Topliss-reactive ketones (excluding diaryl/α,β-unsaturated/α-hetero) is 2. The van der Waals surface area contributed by atoms with E-state index in [9.17, 15) is 14.7 Å².